The number of hydrogen-bond donors (Lipinski definition) is 1. The molecule has 1 saturated carbocycles. The molecule has 1 N–H and O–H groups in total. The molecule has 1 heterocycles. The highest BCUT2D eigenvalue weighted by Crippen LogP contribution is 2.41. The van der Waals surface area contributed by atoms with Crippen molar-refractivity contribution < 1.29 is 18.6 Å². The van der Waals surface area contributed by atoms with Crippen LogP contribution in [0.1, 0.15) is 44.7 Å². The van der Waals surface area contributed by atoms with Gasteiger partial charge in [-0.3, -0.25) is 0 Å². The molecule has 0 spiro atoms. The van der Waals surface area contributed by atoms with Crippen LogP contribution in [0.4, 0.5) is 0 Å². The van der Waals surface area contributed by atoms with E-state index in [4.69, 9.17) is 18.6 Å². The predicted molar refractivity (Wildman–Crippen MR) is 151 cm³/mol. The van der Waals surface area contributed by atoms with Crippen LogP contribution in [0.3, 0.4) is 0 Å². The minimum absolute atomic E-state index is 0.0256. The van der Waals surface area contributed by atoms with Crippen LogP contribution in [0.25, 0.3) is 0 Å². The molecule has 4 atom stereocenters. The Balaban J connectivity index is 1.49. The fourth-order valence-electron chi connectivity index (χ4n) is 4.62. The standard InChI is InChI=1S/C29H40BrNO4Si/c1-7-21-13-26(32-18-20-11-9-8-10-12-20)28(35-36(5,6)29(2,3)4)16-24(21)31-17-22-14-25-27(15-23(22)30)34-19-33-25/h7-12,14-15,21,24,26,28,31H,1,13,16-19H2,2-6H3/t21-,24+,26-,28+/m1/s1. The van der Waals surface area contributed by atoms with E-state index in [0.717, 1.165) is 34.4 Å². The zero-order valence-electron chi connectivity index (χ0n) is 22.2. The summed E-state index contributed by atoms with van der Waals surface area (Å²) in [6.45, 7) is 17.3. The van der Waals surface area contributed by atoms with Gasteiger partial charge in [0.05, 0.1) is 18.8 Å². The van der Waals surface area contributed by atoms with Crippen LogP contribution in [0, 0.1) is 5.92 Å². The van der Waals surface area contributed by atoms with Gasteiger partial charge in [-0.15, -0.1) is 6.58 Å². The van der Waals surface area contributed by atoms with Gasteiger partial charge in [-0.25, -0.2) is 0 Å². The number of hydrogen-bond acceptors (Lipinski definition) is 5. The van der Waals surface area contributed by atoms with Crippen molar-refractivity contribution in [2.45, 2.75) is 83.1 Å². The third kappa shape index (κ3) is 6.43. The normalized spacial score (nSPS) is 24.1. The van der Waals surface area contributed by atoms with Crippen molar-refractivity contribution in [2.24, 2.45) is 5.92 Å². The van der Waals surface area contributed by atoms with E-state index in [1.54, 1.807) is 0 Å². The molecule has 5 nitrogen and oxygen atoms in total. The van der Waals surface area contributed by atoms with Crippen LogP contribution in [0.5, 0.6) is 11.5 Å². The Morgan fingerprint density at radius 1 is 1.08 bits per heavy atom. The summed E-state index contributed by atoms with van der Waals surface area (Å²) in [5, 5.41) is 3.93. The maximum Gasteiger partial charge on any atom is 0.231 e. The van der Waals surface area contributed by atoms with Crippen molar-refractivity contribution in [1.29, 1.82) is 0 Å². The van der Waals surface area contributed by atoms with Crippen molar-refractivity contribution in [2.75, 3.05) is 6.79 Å². The topological polar surface area (TPSA) is 49.0 Å². The van der Waals surface area contributed by atoms with Crippen LogP contribution < -0.4 is 14.8 Å². The molecule has 1 aliphatic heterocycles. The van der Waals surface area contributed by atoms with Crippen LogP contribution in [0.2, 0.25) is 18.1 Å². The second-order valence-corrected chi connectivity index (χ2v) is 17.0. The first kappa shape index (κ1) is 27.4. The maximum atomic E-state index is 7.00. The molecular weight excluding hydrogens is 534 g/mol. The number of nitrogens with one attached hydrogen (secondary N) is 1. The summed E-state index contributed by atoms with van der Waals surface area (Å²) in [5.41, 5.74) is 2.33. The summed E-state index contributed by atoms with van der Waals surface area (Å²) in [7, 11) is -1.98. The van der Waals surface area contributed by atoms with E-state index in [-0.39, 0.29) is 36.0 Å². The fourth-order valence-corrected chi connectivity index (χ4v) is 6.45. The van der Waals surface area contributed by atoms with Crippen molar-refractivity contribution in [3.05, 3.63) is 70.7 Å². The van der Waals surface area contributed by atoms with Gasteiger partial charge in [-0.2, -0.15) is 0 Å². The highest BCUT2D eigenvalue weighted by Gasteiger charge is 2.44. The van der Waals surface area contributed by atoms with Gasteiger partial charge >= 0.3 is 0 Å². The Labute approximate surface area is 225 Å². The molecule has 1 fully saturated rings. The SMILES string of the molecule is C=C[C@@H]1C[C@@H](OCc2ccccc2)[C@@H](O[Si](C)(C)C(C)(C)C)C[C@@H]1NCc1cc2c(cc1Br)OCO2. The molecule has 0 amide bonds. The lowest BCUT2D eigenvalue weighted by molar-refractivity contribution is -0.0756. The highest BCUT2D eigenvalue weighted by atomic mass is 79.9. The van der Waals surface area contributed by atoms with Gasteiger partial charge in [0, 0.05) is 17.1 Å². The van der Waals surface area contributed by atoms with Crippen molar-refractivity contribution >= 4 is 24.2 Å². The van der Waals surface area contributed by atoms with Crippen LogP contribution >= 0.6 is 15.9 Å². The van der Waals surface area contributed by atoms with Gasteiger partial charge in [-0.1, -0.05) is 73.1 Å². The largest absolute Gasteiger partial charge is 0.454 e. The number of halogens is 1. The Morgan fingerprint density at radius 3 is 2.44 bits per heavy atom. The van der Waals surface area contributed by atoms with E-state index in [0.29, 0.717) is 13.2 Å². The fraction of sp³-hybridized carbons (Fsp3) is 0.517. The van der Waals surface area contributed by atoms with Gasteiger partial charge in [0.15, 0.2) is 19.8 Å². The molecule has 0 radical (unpaired) electrons. The Bertz CT molecular complexity index is 1040. The number of fused-ring (bicyclic) bond motifs is 1. The molecule has 196 valence electrons. The quantitative estimate of drug-likeness (QED) is 0.253. The Morgan fingerprint density at radius 2 is 1.78 bits per heavy atom. The lowest BCUT2D eigenvalue weighted by Crippen LogP contribution is -2.54. The summed E-state index contributed by atoms with van der Waals surface area (Å²) in [6, 6.07) is 14.7. The van der Waals surface area contributed by atoms with E-state index in [1.807, 2.05) is 12.1 Å². The van der Waals surface area contributed by atoms with Crippen LogP contribution in [-0.4, -0.2) is 33.4 Å². The first-order valence-corrected chi connectivity index (χ1v) is 16.5. The lowest BCUT2D eigenvalue weighted by Gasteiger charge is -2.46. The molecule has 2 aliphatic rings. The number of rotatable bonds is 9. The molecule has 0 aromatic heterocycles. The lowest BCUT2D eigenvalue weighted by atomic mass is 9.81. The van der Waals surface area contributed by atoms with Gasteiger partial charge in [-0.05, 0) is 60.2 Å². The van der Waals surface area contributed by atoms with Crippen molar-refractivity contribution in [1.82, 2.24) is 5.32 Å². The zero-order chi connectivity index (χ0) is 25.9. The molecule has 7 heteroatoms. The average Bonchev–Trinajstić information content (AvgIpc) is 3.28. The second kappa shape index (κ2) is 11.4. The van der Waals surface area contributed by atoms with Crippen LogP contribution in [0.15, 0.2) is 59.6 Å². The Hall–Kier alpha value is -1.64. The molecule has 0 bridgehead atoms. The predicted octanol–water partition coefficient (Wildman–Crippen LogP) is 7.21. The van der Waals surface area contributed by atoms with Gasteiger partial charge in [0.2, 0.25) is 6.79 Å². The van der Waals surface area contributed by atoms with Gasteiger partial charge in [0.25, 0.3) is 0 Å². The third-order valence-corrected chi connectivity index (χ3v) is 13.1. The summed E-state index contributed by atoms with van der Waals surface area (Å²) in [5.74, 6) is 1.87. The monoisotopic (exact) mass is 573 g/mol. The van der Waals surface area contributed by atoms with E-state index in [2.05, 4.69) is 98.1 Å². The smallest absolute Gasteiger partial charge is 0.231 e. The number of benzene rings is 2. The summed E-state index contributed by atoms with van der Waals surface area (Å²) in [4.78, 5) is 0. The first-order valence-electron chi connectivity index (χ1n) is 12.8. The van der Waals surface area contributed by atoms with Crippen molar-refractivity contribution in [3.8, 4) is 11.5 Å². The molecule has 4 rings (SSSR count). The van der Waals surface area contributed by atoms with E-state index in [1.165, 1.54) is 5.56 Å². The molecule has 1 aliphatic carbocycles. The zero-order valence-corrected chi connectivity index (χ0v) is 24.8. The first-order chi connectivity index (χ1) is 17.1. The highest BCUT2D eigenvalue weighted by molar-refractivity contribution is 9.10. The summed E-state index contributed by atoms with van der Waals surface area (Å²) >= 11 is 3.70. The maximum absolute atomic E-state index is 7.00. The number of ether oxygens (including phenoxy) is 3. The molecule has 0 unspecified atom stereocenters. The molecule has 0 saturated heterocycles. The molecule has 2 aromatic carbocycles. The minimum Gasteiger partial charge on any atom is -0.454 e. The summed E-state index contributed by atoms with van der Waals surface area (Å²) < 4.78 is 25.6. The second-order valence-electron chi connectivity index (χ2n) is 11.4. The Kier molecular flexibility index (Phi) is 8.67. The van der Waals surface area contributed by atoms with E-state index >= 15 is 0 Å². The van der Waals surface area contributed by atoms with Gasteiger partial charge in [0.1, 0.15) is 0 Å². The molecule has 36 heavy (non-hydrogen) atoms. The third-order valence-electron chi connectivity index (χ3n) is 7.88. The summed E-state index contributed by atoms with van der Waals surface area (Å²) in [6.07, 6.45) is 3.90. The van der Waals surface area contributed by atoms with E-state index in [9.17, 15) is 0 Å². The van der Waals surface area contributed by atoms with E-state index < -0.39 is 8.32 Å². The molecule has 2 aromatic rings. The van der Waals surface area contributed by atoms with Gasteiger partial charge < -0.3 is 24.0 Å². The molecular formula is C29H40BrNO4Si. The van der Waals surface area contributed by atoms with Crippen LogP contribution in [-0.2, 0) is 22.3 Å². The van der Waals surface area contributed by atoms with Crippen molar-refractivity contribution in [3.63, 3.8) is 0 Å². The minimum atomic E-state index is -1.98. The average molecular weight is 575 g/mol.